The molecule has 1 N–H and O–H groups in total. The Balaban J connectivity index is 1.73. The summed E-state index contributed by atoms with van der Waals surface area (Å²) in [4.78, 5) is 12.4. The van der Waals surface area contributed by atoms with Gasteiger partial charge in [-0.1, -0.05) is 18.2 Å². The highest BCUT2D eigenvalue weighted by atomic mass is 32.2. The predicted molar refractivity (Wildman–Crippen MR) is 92.3 cm³/mol. The lowest BCUT2D eigenvalue weighted by Gasteiger charge is -2.13. The first-order valence-electron chi connectivity index (χ1n) is 7.58. The Morgan fingerprint density at radius 3 is 2.71 bits per heavy atom. The lowest BCUT2D eigenvalue weighted by atomic mass is 10.2. The summed E-state index contributed by atoms with van der Waals surface area (Å²) in [5.74, 6) is 0.359. The van der Waals surface area contributed by atoms with Gasteiger partial charge in [0.15, 0.2) is 0 Å². The summed E-state index contributed by atoms with van der Waals surface area (Å²) in [5.41, 5.74) is -0.192. The maximum Gasteiger partial charge on any atom is 0.258 e. The summed E-state index contributed by atoms with van der Waals surface area (Å²) in [6.45, 7) is 1.79. The van der Waals surface area contributed by atoms with E-state index in [0.29, 0.717) is 11.1 Å². The average Bonchev–Trinajstić information content (AvgIpc) is 3.09. The molecule has 3 aromatic rings. The van der Waals surface area contributed by atoms with E-state index in [4.69, 9.17) is 4.42 Å². The number of pyridine rings is 1. The number of fused-ring (bicyclic) bond motifs is 1. The first kappa shape index (κ1) is 16.5. The fourth-order valence-corrected chi connectivity index (χ4v) is 3.76. The molecule has 24 heavy (non-hydrogen) atoms. The second-order valence-corrected chi connectivity index (χ2v) is 7.45. The van der Waals surface area contributed by atoms with Crippen molar-refractivity contribution in [3.63, 3.8) is 0 Å². The SMILES string of the molecule is CC(NS(=O)(=O)CCn1ccc2ccccc2c1=O)c1ccco1. The second-order valence-electron chi connectivity index (χ2n) is 5.58. The molecule has 7 heteroatoms. The third-order valence-electron chi connectivity index (χ3n) is 3.81. The number of sulfonamides is 1. The van der Waals surface area contributed by atoms with Gasteiger partial charge in [0.2, 0.25) is 10.0 Å². The third kappa shape index (κ3) is 3.58. The van der Waals surface area contributed by atoms with Crippen LogP contribution in [-0.2, 0) is 16.6 Å². The molecule has 0 aliphatic rings. The van der Waals surface area contributed by atoms with Crippen LogP contribution in [0.5, 0.6) is 0 Å². The van der Waals surface area contributed by atoms with Crippen LogP contribution in [-0.4, -0.2) is 18.7 Å². The van der Waals surface area contributed by atoms with Gasteiger partial charge in [0, 0.05) is 18.1 Å². The van der Waals surface area contributed by atoms with Gasteiger partial charge in [-0.15, -0.1) is 0 Å². The minimum Gasteiger partial charge on any atom is -0.468 e. The fourth-order valence-electron chi connectivity index (χ4n) is 2.55. The van der Waals surface area contributed by atoms with Crippen molar-refractivity contribution >= 4 is 20.8 Å². The summed E-state index contributed by atoms with van der Waals surface area (Å²) in [5, 5.41) is 1.42. The Kier molecular flexibility index (Phi) is 4.55. The maximum atomic E-state index is 12.4. The zero-order chi connectivity index (χ0) is 17.2. The Bertz CT molecular complexity index is 991. The van der Waals surface area contributed by atoms with Crippen LogP contribution in [0, 0.1) is 0 Å². The van der Waals surface area contributed by atoms with Crippen LogP contribution in [0.3, 0.4) is 0 Å². The van der Waals surface area contributed by atoms with E-state index >= 15 is 0 Å². The number of furan rings is 1. The van der Waals surface area contributed by atoms with Crippen LogP contribution in [0.25, 0.3) is 10.8 Å². The lowest BCUT2D eigenvalue weighted by molar-refractivity contribution is 0.458. The van der Waals surface area contributed by atoms with Crippen molar-refractivity contribution in [2.75, 3.05) is 5.75 Å². The molecule has 0 saturated carbocycles. The second kappa shape index (κ2) is 6.62. The molecule has 0 spiro atoms. The number of nitrogens with zero attached hydrogens (tertiary/aromatic N) is 1. The molecule has 0 aliphatic heterocycles. The van der Waals surface area contributed by atoms with Crippen molar-refractivity contribution in [3.8, 4) is 0 Å². The Morgan fingerprint density at radius 1 is 1.17 bits per heavy atom. The standard InChI is InChI=1S/C17H18N2O4S/c1-13(16-7-4-11-23-16)18-24(21,22)12-10-19-9-8-14-5-2-3-6-15(14)17(19)20/h2-9,11,13,18H,10,12H2,1H3. The van der Waals surface area contributed by atoms with E-state index in [1.54, 1.807) is 37.4 Å². The molecule has 126 valence electrons. The van der Waals surface area contributed by atoms with Gasteiger partial charge in [-0.25, -0.2) is 13.1 Å². The Morgan fingerprint density at radius 2 is 1.96 bits per heavy atom. The van der Waals surface area contributed by atoms with E-state index in [2.05, 4.69) is 4.72 Å². The summed E-state index contributed by atoms with van der Waals surface area (Å²) in [7, 11) is -3.54. The van der Waals surface area contributed by atoms with E-state index in [1.807, 2.05) is 18.2 Å². The van der Waals surface area contributed by atoms with E-state index in [0.717, 1.165) is 5.39 Å². The molecular weight excluding hydrogens is 328 g/mol. The normalized spacial score (nSPS) is 13.2. The van der Waals surface area contributed by atoms with Crippen molar-refractivity contribution in [3.05, 3.63) is 71.0 Å². The zero-order valence-corrected chi connectivity index (χ0v) is 14.0. The van der Waals surface area contributed by atoms with E-state index < -0.39 is 16.1 Å². The summed E-state index contributed by atoms with van der Waals surface area (Å²) in [6.07, 6.45) is 3.12. The first-order valence-corrected chi connectivity index (χ1v) is 9.23. The van der Waals surface area contributed by atoms with Crippen LogP contribution < -0.4 is 10.3 Å². The van der Waals surface area contributed by atoms with Gasteiger partial charge in [-0.2, -0.15) is 0 Å². The topological polar surface area (TPSA) is 81.3 Å². The van der Waals surface area contributed by atoms with Crippen molar-refractivity contribution in [2.24, 2.45) is 0 Å². The van der Waals surface area contributed by atoms with Crippen LogP contribution in [0.1, 0.15) is 18.7 Å². The van der Waals surface area contributed by atoms with Gasteiger partial charge >= 0.3 is 0 Å². The van der Waals surface area contributed by atoms with E-state index in [1.165, 1.54) is 10.8 Å². The van der Waals surface area contributed by atoms with Gasteiger partial charge in [-0.05, 0) is 36.6 Å². The predicted octanol–water partition coefficient (Wildman–Crippen LogP) is 2.28. The van der Waals surface area contributed by atoms with Gasteiger partial charge in [0.1, 0.15) is 5.76 Å². The average molecular weight is 346 g/mol. The molecule has 0 fully saturated rings. The number of hydrogen-bond donors (Lipinski definition) is 1. The zero-order valence-electron chi connectivity index (χ0n) is 13.2. The van der Waals surface area contributed by atoms with Crippen LogP contribution >= 0.6 is 0 Å². The molecule has 0 radical (unpaired) electrons. The minimum absolute atomic E-state index is 0.0872. The van der Waals surface area contributed by atoms with Crippen molar-refractivity contribution in [1.82, 2.24) is 9.29 Å². The number of rotatable bonds is 6. The minimum atomic E-state index is -3.54. The largest absolute Gasteiger partial charge is 0.468 e. The van der Waals surface area contributed by atoms with Crippen molar-refractivity contribution in [1.29, 1.82) is 0 Å². The van der Waals surface area contributed by atoms with Crippen molar-refractivity contribution in [2.45, 2.75) is 19.5 Å². The third-order valence-corrected chi connectivity index (χ3v) is 5.25. The molecule has 0 aliphatic carbocycles. The lowest BCUT2D eigenvalue weighted by Crippen LogP contribution is -2.32. The quantitative estimate of drug-likeness (QED) is 0.742. The van der Waals surface area contributed by atoms with E-state index in [-0.39, 0.29) is 17.9 Å². The van der Waals surface area contributed by atoms with Crippen LogP contribution in [0.4, 0.5) is 0 Å². The highest BCUT2D eigenvalue weighted by Crippen LogP contribution is 2.13. The first-order chi connectivity index (χ1) is 11.5. The molecule has 0 bridgehead atoms. The number of benzene rings is 1. The Hall–Kier alpha value is -2.38. The smallest absolute Gasteiger partial charge is 0.258 e. The highest BCUT2D eigenvalue weighted by molar-refractivity contribution is 7.89. The number of aryl methyl sites for hydroxylation is 1. The number of aromatic nitrogens is 1. The van der Waals surface area contributed by atoms with Crippen molar-refractivity contribution < 1.29 is 12.8 Å². The molecule has 3 rings (SSSR count). The monoisotopic (exact) mass is 346 g/mol. The van der Waals surface area contributed by atoms with Gasteiger partial charge in [-0.3, -0.25) is 4.79 Å². The molecule has 0 amide bonds. The fraction of sp³-hybridized carbons (Fsp3) is 0.235. The molecule has 0 saturated heterocycles. The summed E-state index contributed by atoms with van der Waals surface area (Å²) < 4.78 is 33.6. The van der Waals surface area contributed by atoms with Crippen LogP contribution in [0.2, 0.25) is 0 Å². The van der Waals surface area contributed by atoms with Gasteiger partial charge in [0.05, 0.1) is 18.1 Å². The molecular formula is C17H18N2O4S. The van der Waals surface area contributed by atoms with E-state index in [9.17, 15) is 13.2 Å². The Labute approximate surface area is 139 Å². The molecule has 1 aromatic carbocycles. The molecule has 1 unspecified atom stereocenters. The van der Waals surface area contributed by atoms with Crippen LogP contribution in [0.15, 0.2) is 64.1 Å². The highest BCUT2D eigenvalue weighted by Gasteiger charge is 2.18. The van der Waals surface area contributed by atoms with Gasteiger partial charge < -0.3 is 8.98 Å². The van der Waals surface area contributed by atoms with Gasteiger partial charge in [0.25, 0.3) is 5.56 Å². The molecule has 1 atom stereocenters. The molecule has 6 nitrogen and oxygen atoms in total. The summed E-state index contributed by atoms with van der Waals surface area (Å²) in [6, 6.07) is 12.0. The molecule has 2 aromatic heterocycles. The summed E-state index contributed by atoms with van der Waals surface area (Å²) >= 11 is 0. The maximum absolute atomic E-state index is 12.4. The number of hydrogen-bond acceptors (Lipinski definition) is 4. The number of nitrogens with one attached hydrogen (secondary N) is 1. The molecule has 2 heterocycles.